The van der Waals surface area contributed by atoms with Gasteiger partial charge in [0.2, 0.25) is 0 Å². The quantitative estimate of drug-likeness (QED) is 0.837. The van der Waals surface area contributed by atoms with Gasteiger partial charge in [-0.2, -0.15) is 0 Å². The molecular formula is C16H18BrN3O. The Hall–Kier alpha value is -1.20. The second-order valence-electron chi connectivity index (χ2n) is 6.35. The first kappa shape index (κ1) is 13.5. The van der Waals surface area contributed by atoms with E-state index in [-0.39, 0.29) is 11.0 Å². The molecule has 4 nitrogen and oxygen atoms in total. The average molecular weight is 348 g/mol. The SMILES string of the molecule is Cn1cnnc1C1(c2cccc(Br)c2)CC2(CCCO2)C1. The predicted octanol–water partition coefficient (Wildman–Crippen LogP) is 3.21. The van der Waals surface area contributed by atoms with Crippen LogP contribution in [0.4, 0.5) is 0 Å². The van der Waals surface area contributed by atoms with Gasteiger partial charge in [-0.15, -0.1) is 10.2 Å². The first-order chi connectivity index (χ1) is 10.1. The highest BCUT2D eigenvalue weighted by atomic mass is 79.9. The average Bonchev–Trinajstić information content (AvgIpc) is 3.05. The highest BCUT2D eigenvalue weighted by Crippen LogP contribution is 2.58. The smallest absolute Gasteiger partial charge is 0.143 e. The normalized spacial score (nSPS) is 31.5. The molecule has 1 aromatic carbocycles. The molecule has 0 radical (unpaired) electrons. The zero-order valence-corrected chi connectivity index (χ0v) is 13.6. The van der Waals surface area contributed by atoms with E-state index in [4.69, 9.17) is 4.74 Å². The summed E-state index contributed by atoms with van der Waals surface area (Å²) >= 11 is 3.59. The molecule has 1 aliphatic heterocycles. The molecule has 21 heavy (non-hydrogen) atoms. The van der Waals surface area contributed by atoms with Gasteiger partial charge in [0.05, 0.1) is 11.0 Å². The third-order valence-corrected chi connectivity index (χ3v) is 5.44. The third kappa shape index (κ3) is 1.98. The van der Waals surface area contributed by atoms with E-state index in [9.17, 15) is 0 Å². The molecule has 2 fully saturated rings. The molecule has 4 rings (SSSR count). The number of aromatic nitrogens is 3. The van der Waals surface area contributed by atoms with E-state index < -0.39 is 0 Å². The minimum absolute atomic E-state index is 0.0638. The largest absolute Gasteiger partial charge is 0.375 e. The third-order valence-electron chi connectivity index (χ3n) is 4.95. The Balaban J connectivity index is 1.79. The number of halogens is 1. The van der Waals surface area contributed by atoms with Crippen molar-refractivity contribution < 1.29 is 4.74 Å². The van der Waals surface area contributed by atoms with Crippen LogP contribution in [-0.4, -0.2) is 27.0 Å². The minimum atomic E-state index is -0.0701. The lowest BCUT2D eigenvalue weighted by molar-refractivity contribution is -0.0967. The molecule has 1 aromatic heterocycles. The Morgan fingerprint density at radius 3 is 2.81 bits per heavy atom. The molecule has 0 bridgehead atoms. The molecule has 0 atom stereocenters. The molecule has 1 spiro atoms. The molecule has 110 valence electrons. The van der Waals surface area contributed by atoms with E-state index in [1.165, 1.54) is 18.4 Å². The molecule has 0 amide bonds. The minimum Gasteiger partial charge on any atom is -0.375 e. The number of hydrogen-bond acceptors (Lipinski definition) is 3. The van der Waals surface area contributed by atoms with Crippen LogP contribution in [0.15, 0.2) is 35.1 Å². The Bertz CT molecular complexity index is 668. The zero-order valence-electron chi connectivity index (χ0n) is 12.1. The summed E-state index contributed by atoms with van der Waals surface area (Å²) in [4.78, 5) is 0. The lowest BCUT2D eigenvalue weighted by Gasteiger charge is -2.53. The first-order valence-electron chi connectivity index (χ1n) is 7.38. The van der Waals surface area contributed by atoms with Crippen LogP contribution in [0.5, 0.6) is 0 Å². The Morgan fingerprint density at radius 1 is 1.33 bits per heavy atom. The van der Waals surface area contributed by atoms with Crippen LogP contribution in [0.1, 0.15) is 37.1 Å². The zero-order chi connectivity index (χ0) is 14.5. The van der Waals surface area contributed by atoms with Crippen molar-refractivity contribution in [2.75, 3.05) is 6.61 Å². The maximum Gasteiger partial charge on any atom is 0.143 e. The molecule has 1 aliphatic carbocycles. The van der Waals surface area contributed by atoms with E-state index in [1.807, 2.05) is 11.6 Å². The summed E-state index contributed by atoms with van der Waals surface area (Å²) in [6.45, 7) is 0.896. The monoisotopic (exact) mass is 347 g/mol. The highest BCUT2D eigenvalue weighted by molar-refractivity contribution is 9.10. The van der Waals surface area contributed by atoms with Crippen LogP contribution in [0.2, 0.25) is 0 Å². The fourth-order valence-electron chi connectivity index (χ4n) is 4.08. The van der Waals surface area contributed by atoms with E-state index >= 15 is 0 Å². The summed E-state index contributed by atoms with van der Waals surface area (Å²) in [5.41, 5.74) is 1.29. The molecule has 0 unspecified atom stereocenters. The van der Waals surface area contributed by atoms with Crippen molar-refractivity contribution in [2.45, 2.75) is 36.7 Å². The van der Waals surface area contributed by atoms with Gasteiger partial charge in [-0.25, -0.2) is 0 Å². The molecule has 2 aromatic rings. The van der Waals surface area contributed by atoms with Crippen LogP contribution in [0.25, 0.3) is 0 Å². The summed E-state index contributed by atoms with van der Waals surface area (Å²) in [5.74, 6) is 1.04. The fraction of sp³-hybridized carbons (Fsp3) is 0.500. The van der Waals surface area contributed by atoms with Crippen LogP contribution in [0.3, 0.4) is 0 Å². The predicted molar refractivity (Wildman–Crippen MR) is 83.1 cm³/mol. The topological polar surface area (TPSA) is 39.9 Å². The van der Waals surface area contributed by atoms with Crippen molar-refractivity contribution >= 4 is 15.9 Å². The summed E-state index contributed by atoms with van der Waals surface area (Å²) in [5, 5.41) is 8.51. The maximum absolute atomic E-state index is 6.05. The van der Waals surface area contributed by atoms with Crippen LogP contribution in [0, 0.1) is 0 Å². The van der Waals surface area contributed by atoms with Gasteiger partial charge >= 0.3 is 0 Å². The van der Waals surface area contributed by atoms with Gasteiger partial charge < -0.3 is 9.30 Å². The summed E-state index contributed by atoms with van der Waals surface area (Å²) in [6.07, 6.45) is 6.13. The summed E-state index contributed by atoms with van der Waals surface area (Å²) in [6, 6.07) is 8.56. The molecule has 1 saturated heterocycles. The van der Waals surface area contributed by atoms with E-state index in [2.05, 4.69) is 50.4 Å². The van der Waals surface area contributed by atoms with Gasteiger partial charge in [-0.05, 0) is 43.4 Å². The molecule has 0 N–H and O–H groups in total. The van der Waals surface area contributed by atoms with Crippen molar-refractivity contribution in [2.24, 2.45) is 7.05 Å². The van der Waals surface area contributed by atoms with Gasteiger partial charge in [0.1, 0.15) is 12.2 Å². The Labute approximate surface area is 132 Å². The van der Waals surface area contributed by atoms with Crippen molar-refractivity contribution in [1.82, 2.24) is 14.8 Å². The van der Waals surface area contributed by atoms with Crippen molar-refractivity contribution in [3.05, 3.63) is 46.5 Å². The number of aryl methyl sites for hydroxylation is 1. The van der Waals surface area contributed by atoms with Gasteiger partial charge in [0.25, 0.3) is 0 Å². The number of nitrogens with zero attached hydrogens (tertiary/aromatic N) is 3. The molecule has 5 heteroatoms. The lowest BCUT2D eigenvalue weighted by atomic mass is 9.54. The molecular weight excluding hydrogens is 330 g/mol. The second kappa shape index (κ2) is 4.65. The standard InChI is InChI=1S/C16H18BrN3O/c1-20-11-18-19-14(20)16(12-4-2-5-13(17)8-12)9-15(10-16)6-3-7-21-15/h2,4-5,8,11H,3,6-7,9-10H2,1H3. The summed E-state index contributed by atoms with van der Waals surface area (Å²) in [7, 11) is 2.02. The van der Waals surface area contributed by atoms with Gasteiger partial charge in [0.15, 0.2) is 0 Å². The maximum atomic E-state index is 6.05. The first-order valence-corrected chi connectivity index (χ1v) is 8.17. The highest BCUT2D eigenvalue weighted by Gasteiger charge is 2.60. The fourth-order valence-corrected chi connectivity index (χ4v) is 4.48. The lowest BCUT2D eigenvalue weighted by Crippen LogP contribution is -2.56. The second-order valence-corrected chi connectivity index (χ2v) is 7.26. The van der Waals surface area contributed by atoms with E-state index in [0.29, 0.717) is 0 Å². The van der Waals surface area contributed by atoms with E-state index in [0.717, 1.165) is 29.7 Å². The molecule has 1 saturated carbocycles. The number of hydrogen-bond donors (Lipinski definition) is 0. The summed E-state index contributed by atoms with van der Waals surface area (Å²) < 4.78 is 9.20. The van der Waals surface area contributed by atoms with Gasteiger partial charge in [0, 0.05) is 18.1 Å². The number of ether oxygens (including phenoxy) is 1. The van der Waals surface area contributed by atoms with Crippen molar-refractivity contribution in [1.29, 1.82) is 0 Å². The van der Waals surface area contributed by atoms with Crippen LogP contribution < -0.4 is 0 Å². The van der Waals surface area contributed by atoms with Crippen molar-refractivity contribution in [3.63, 3.8) is 0 Å². The molecule has 2 heterocycles. The van der Waals surface area contributed by atoms with Crippen LogP contribution >= 0.6 is 15.9 Å². The molecule has 2 aliphatic rings. The van der Waals surface area contributed by atoms with Crippen molar-refractivity contribution in [3.8, 4) is 0 Å². The number of rotatable bonds is 2. The van der Waals surface area contributed by atoms with Crippen LogP contribution in [-0.2, 0) is 17.2 Å². The van der Waals surface area contributed by atoms with E-state index in [1.54, 1.807) is 6.33 Å². The number of benzene rings is 1. The Morgan fingerprint density at radius 2 is 2.19 bits per heavy atom. The van der Waals surface area contributed by atoms with Gasteiger partial charge in [-0.3, -0.25) is 0 Å². The van der Waals surface area contributed by atoms with Gasteiger partial charge in [-0.1, -0.05) is 28.1 Å². The Kier molecular flexibility index (Phi) is 2.98.